The second-order valence-corrected chi connectivity index (χ2v) is 7.86. The van der Waals surface area contributed by atoms with Gasteiger partial charge in [-0.2, -0.15) is 5.26 Å². The van der Waals surface area contributed by atoms with Crippen LogP contribution in [0.3, 0.4) is 0 Å². The van der Waals surface area contributed by atoms with Crippen LogP contribution in [0, 0.1) is 11.3 Å². The number of fused-ring (bicyclic) bond motifs is 5. The Bertz CT molecular complexity index is 985. The first kappa shape index (κ1) is 15.7. The molecular weight excluding hydrogens is 350 g/mol. The third-order valence-corrected chi connectivity index (χ3v) is 6.19. The van der Waals surface area contributed by atoms with Crippen LogP contribution in [0.2, 0.25) is 5.02 Å². The smallest absolute Gasteiger partial charge is 0.233 e. The molecule has 1 saturated heterocycles. The fourth-order valence-electron chi connectivity index (χ4n) is 4.68. The second kappa shape index (κ2) is 5.21. The fraction of sp³-hybridized carbons (Fsp3) is 0.350. The van der Waals surface area contributed by atoms with E-state index in [9.17, 15) is 10.1 Å². The summed E-state index contributed by atoms with van der Waals surface area (Å²) in [6.45, 7) is 2.50. The Balaban J connectivity index is 1.54. The Labute approximate surface area is 156 Å². The normalized spacial score (nSPS) is 27.7. The molecule has 3 heterocycles. The van der Waals surface area contributed by atoms with E-state index in [-0.39, 0.29) is 18.1 Å². The number of hydrogen-bond acceptors (Lipinski definition) is 4. The number of carbonyl (C=O) groups excluding carboxylic acids is 1. The summed E-state index contributed by atoms with van der Waals surface area (Å²) in [5.41, 5.74) is 2.73. The number of benzene rings is 1. The number of halogens is 1. The molecule has 130 valence electrons. The van der Waals surface area contributed by atoms with Crippen LogP contribution in [0.4, 0.5) is 0 Å². The molecule has 2 bridgehead atoms. The molecule has 5 nitrogen and oxygen atoms in total. The predicted molar refractivity (Wildman–Crippen MR) is 94.9 cm³/mol. The topological polar surface area (TPSA) is 66.2 Å². The van der Waals surface area contributed by atoms with E-state index in [1.165, 1.54) is 6.20 Å². The summed E-state index contributed by atoms with van der Waals surface area (Å²) in [5, 5.41) is 9.96. The van der Waals surface area contributed by atoms with Crippen molar-refractivity contribution in [3.63, 3.8) is 0 Å². The fourth-order valence-corrected chi connectivity index (χ4v) is 5.08. The number of ether oxygens (including phenoxy) is 1. The minimum absolute atomic E-state index is 0.0735. The van der Waals surface area contributed by atoms with Gasteiger partial charge in [0.2, 0.25) is 5.91 Å². The zero-order chi connectivity index (χ0) is 18.1. The highest BCUT2D eigenvalue weighted by atomic mass is 35.5. The molecule has 1 fully saturated rings. The van der Waals surface area contributed by atoms with Gasteiger partial charge in [0.1, 0.15) is 23.5 Å². The lowest BCUT2D eigenvalue weighted by Crippen LogP contribution is -2.51. The molecule has 2 aromatic rings. The highest BCUT2D eigenvalue weighted by molar-refractivity contribution is 6.32. The van der Waals surface area contributed by atoms with Crippen LogP contribution in [-0.4, -0.2) is 28.4 Å². The summed E-state index contributed by atoms with van der Waals surface area (Å²) in [6, 6.07) is 7.83. The molecule has 1 aromatic heterocycles. The molecule has 3 atom stereocenters. The zero-order valence-electron chi connectivity index (χ0n) is 14.2. The molecule has 1 aliphatic carbocycles. The van der Waals surface area contributed by atoms with Crippen molar-refractivity contribution in [3.8, 4) is 11.8 Å². The van der Waals surface area contributed by atoms with Gasteiger partial charge in [-0.3, -0.25) is 9.78 Å². The minimum atomic E-state index is -0.606. The molecule has 0 N–H and O–H groups in total. The van der Waals surface area contributed by atoms with Crippen molar-refractivity contribution in [1.82, 2.24) is 9.88 Å². The number of amides is 1. The molecule has 26 heavy (non-hydrogen) atoms. The van der Waals surface area contributed by atoms with E-state index in [4.69, 9.17) is 16.3 Å². The van der Waals surface area contributed by atoms with Crippen molar-refractivity contribution in [1.29, 1.82) is 5.26 Å². The number of aromatic nitrogens is 1. The Morgan fingerprint density at radius 1 is 1.46 bits per heavy atom. The summed E-state index contributed by atoms with van der Waals surface area (Å²) in [6.07, 6.45) is 4.58. The van der Waals surface area contributed by atoms with Crippen LogP contribution in [0.5, 0.6) is 5.75 Å². The number of hydrogen-bond donors (Lipinski definition) is 0. The molecule has 3 aliphatic rings. The summed E-state index contributed by atoms with van der Waals surface area (Å²) in [4.78, 5) is 19.6. The number of rotatable bonds is 1. The van der Waals surface area contributed by atoms with E-state index < -0.39 is 5.41 Å². The van der Waals surface area contributed by atoms with Gasteiger partial charge in [0.05, 0.1) is 18.0 Å². The molecule has 1 aromatic carbocycles. The summed E-state index contributed by atoms with van der Waals surface area (Å²) in [7, 11) is 0. The maximum Gasteiger partial charge on any atom is 0.233 e. The monoisotopic (exact) mass is 365 g/mol. The number of nitriles is 1. The SMILES string of the molecule is CC1(C(=O)N2C[C@@H]3C[C@H]2c2cncc(C#N)c2O3)Cc2cccc(Cl)c21. The molecule has 1 unspecified atom stereocenters. The first-order valence-electron chi connectivity index (χ1n) is 8.66. The molecule has 0 saturated carbocycles. The van der Waals surface area contributed by atoms with Gasteiger partial charge in [-0.15, -0.1) is 0 Å². The highest BCUT2D eigenvalue weighted by Gasteiger charge is 2.53. The van der Waals surface area contributed by atoms with Crippen LogP contribution in [0.1, 0.15) is 41.6 Å². The van der Waals surface area contributed by atoms with Gasteiger partial charge in [-0.1, -0.05) is 23.7 Å². The van der Waals surface area contributed by atoms with Crippen LogP contribution in [0.15, 0.2) is 30.6 Å². The van der Waals surface area contributed by atoms with E-state index in [1.54, 1.807) is 6.20 Å². The van der Waals surface area contributed by atoms with Crippen LogP contribution in [-0.2, 0) is 16.6 Å². The second-order valence-electron chi connectivity index (χ2n) is 7.45. The van der Waals surface area contributed by atoms with Gasteiger partial charge < -0.3 is 9.64 Å². The summed E-state index contributed by atoms with van der Waals surface area (Å²) < 4.78 is 6.00. The summed E-state index contributed by atoms with van der Waals surface area (Å²) >= 11 is 6.39. The maximum atomic E-state index is 13.5. The van der Waals surface area contributed by atoms with Gasteiger partial charge in [-0.05, 0) is 30.5 Å². The van der Waals surface area contributed by atoms with Crippen molar-refractivity contribution in [2.45, 2.75) is 37.3 Å². The molecule has 5 rings (SSSR count). The van der Waals surface area contributed by atoms with E-state index in [2.05, 4.69) is 11.1 Å². The minimum Gasteiger partial charge on any atom is -0.487 e. The molecular formula is C20H16ClN3O2. The molecule has 0 radical (unpaired) electrons. The van der Waals surface area contributed by atoms with E-state index in [0.29, 0.717) is 29.3 Å². The lowest BCUT2D eigenvalue weighted by Gasteiger charge is -2.43. The lowest BCUT2D eigenvalue weighted by atomic mass is 9.64. The van der Waals surface area contributed by atoms with Gasteiger partial charge >= 0.3 is 0 Å². The zero-order valence-corrected chi connectivity index (χ0v) is 15.0. The van der Waals surface area contributed by atoms with Gasteiger partial charge in [0.15, 0.2) is 0 Å². The third-order valence-electron chi connectivity index (χ3n) is 5.88. The van der Waals surface area contributed by atoms with Crippen molar-refractivity contribution in [3.05, 3.63) is 57.9 Å². The van der Waals surface area contributed by atoms with Crippen molar-refractivity contribution in [2.75, 3.05) is 6.54 Å². The van der Waals surface area contributed by atoms with E-state index >= 15 is 0 Å². The van der Waals surface area contributed by atoms with Crippen molar-refractivity contribution >= 4 is 17.5 Å². The van der Waals surface area contributed by atoms with Crippen molar-refractivity contribution < 1.29 is 9.53 Å². The molecule has 1 amide bonds. The quantitative estimate of drug-likeness (QED) is 0.778. The molecule has 2 aliphatic heterocycles. The maximum absolute atomic E-state index is 13.5. The summed E-state index contributed by atoms with van der Waals surface area (Å²) in [5.74, 6) is 0.653. The highest BCUT2D eigenvalue weighted by Crippen LogP contribution is 2.50. The number of likely N-dealkylation sites (tertiary alicyclic amines) is 1. The predicted octanol–water partition coefficient (Wildman–Crippen LogP) is 3.16. The average molecular weight is 366 g/mol. The number of carbonyl (C=O) groups is 1. The third kappa shape index (κ3) is 1.91. The lowest BCUT2D eigenvalue weighted by molar-refractivity contribution is -0.138. The van der Waals surface area contributed by atoms with E-state index in [0.717, 1.165) is 23.1 Å². The van der Waals surface area contributed by atoms with E-state index in [1.807, 2.05) is 30.0 Å². The van der Waals surface area contributed by atoms with Crippen LogP contribution >= 0.6 is 11.6 Å². The number of nitrogens with zero attached hydrogens (tertiary/aromatic N) is 3. The number of pyridine rings is 1. The Morgan fingerprint density at radius 2 is 2.31 bits per heavy atom. The Kier molecular flexibility index (Phi) is 3.14. The van der Waals surface area contributed by atoms with Gasteiger partial charge in [0, 0.05) is 29.4 Å². The van der Waals surface area contributed by atoms with Crippen LogP contribution in [0.25, 0.3) is 0 Å². The first-order valence-corrected chi connectivity index (χ1v) is 9.04. The van der Waals surface area contributed by atoms with Crippen LogP contribution < -0.4 is 4.74 Å². The molecule has 0 spiro atoms. The van der Waals surface area contributed by atoms with Gasteiger partial charge in [-0.25, -0.2) is 0 Å². The standard InChI is InChI=1S/C20H16ClN3O2/c1-20(6-11-3-2-4-15(21)17(11)20)19(25)24-10-13-5-16(24)14-9-23-8-12(7-22)18(14)26-13/h2-4,8-9,13,16H,5-6,10H2,1H3/t13-,16-,20?/m0/s1. The molecule has 6 heteroatoms. The average Bonchev–Trinajstić information content (AvgIpc) is 2.96. The Hall–Kier alpha value is -2.58. The largest absolute Gasteiger partial charge is 0.487 e. The van der Waals surface area contributed by atoms with Crippen molar-refractivity contribution in [2.24, 2.45) is 0 Å². The van der Waals surface area contributed by atoms with Gasteiger partial charge in [0.25, 0.3) is 0 Å². The first-order chi connectivity index (χ1) is 12.5. The Morgan fingerprint density at radius 3 is 3.08 bits per heavy atom.